The minimum Gasteiger partial charge on any atom is -0.389 e. The number of rotatable bonds is 4. The molecule has 2 rings (SSSR count). The minimum absolute atomic E-state index is 0.311. The summed E-state index contributed by atoms with van der Waals surface area (Å²) in [5, 5.41) is 6.45. The Morgan fingerprint density at radius 2 is 2.12 bits per heavy atom. The monoisotopic (exact) mass is 266 g/mol. The highest BCUT2D eigenvalue weighted by atomic mass is 35.5. The van der Waals surface area contributed by atoms with Gasteiger partial charge in [0.2, 0.25) is 0 Å². The zero-order valence-electron chi connectivity index (χ0n) is 8.97. The molecule has 0 spiro atoms. The van der Waals surface area contributed by atoms with Gasteiger partial charge in [0.1, 0.15) is 6.61 Å². The molecule has 2 N–H and O–H groups in total. The number of thiophene rings is 1. The Bertz CT molecular complexity index is 511. The van der Waals surface area contributed by atoms with Crippen molar-refractivity contribution in [2.45, 2.75) is 6.61 Å². The Morgan fingerprint density at radius 3 is 2.82 bits per heavy atom. The van der Waals surface area contributed by atoms with Crippen LogP contribution in [0.2, 0.25) is 5.02 Å². The van der Waals surface area contributed by atoms with Crippen LogP contribution in [-0.4, -0.2) is 5.84 Å². The average molecular weight is 267 g/mol. The van der Waals surface area contributed by atoms with Gasteiger partial charge in [-0.2, -0.15) is 0 Å². The van der Waals surface area contributed by atoms with Gasteiger partial charge in [-0.3, -0.25) is 0 Å². The predicted octanol–water partition coefficient (Wildman–Crippen LogP) is 3.24. The molecule has 1 aromatic carbocycles. The van der Waals surface area contributed by atoms with Crippen LogP contribution in [0.15, 0.2) is 46.9 Å². The second-order valence-corrected chi connectivity index (χ2v) is 4.67. The van der Waals surface area contributed by atoms with Gasteiger partial charge in [0, 0.05) is 10.6 Å². The molecular formula is C12H11ClN2OS. The molecule has 5 heteroatoms. The number of nitrogens with two attached hydrogens (primary N) is 1. The van der Waals surface area contributed by atoms with E-state index in [-0.39, 0.29) is 0 Å². The highest BCUT2D eigenvalue weighted by Crippen LogP contribution is 2.16. The van der Waals surface area contributed by atoms with Crippen LogP contribution in [-0.2, 0) is 11.4 Å². The maximum atomic E-state index is 5.98. The molecule has 0 aliphatic carbocycles. The normalized spacial score (nSPS) is 11.5. The van der Waals surface area contributed by atoms with Gasteiger partial charge in [0.25, 0.3) is 0 Å². The van der Waals surface area contributed by atoms with Gasteiger partial charge in [0.05, 0.1) is 4.88 Å². The molecule has 17 heavy (non-hydrogen) atoms. The molecule has 0 amide bonds. The van der Waals surface area contributed by atoms with E-state index in [1.165, 1.54) is 11.3 Å². The summed E-state index contributed by atoms with van der Waals surface area (Å²) in [6, 6.07) is 11.3. The molecule has 0 atom stereocenters. The maximum absolute atomic E-state index is 5.98. The van der Waals surface area contributed by atoms with E-state index in [1.807, 2.05) is 41.8 Å². The average Bonchev–Trinajstić information content (AvgIpc) is 2.85. The second-order valence-electron chi connectivity index (χ2n) is 3.32. The van der Waals surface area contributed by atoms with Crippen molar-refractivity contribution in [1.29, 1.82) is 0 Å². The summed E-state index contributed by atoms with van der Waals surface area (Å²) >= 11 is 7.50. The Hall–Kier alpha value is -1.52. The molecule has 0 aliphatic rings. The van der Waals surface area contributed by atoms with Crippen molar-refractivity contribution < 1.29 is 4.84 Å². The fourth-order valence-electron chi connectivity index (χ4n) is 1.26. The van der Waals surface area contributed by atoms with E-state index in [0.29, 0.717) is 17.5 Å². The highest BCUT2D eigenvalue weighted by Gasteiger charge is 2.01. The van der Waals surface area contributed by atoms with Crippen molar-refractivity contribution in [2.24, 2.45) is 10.9 Å². The maximum Gasteiger partial charge on any atom is 0.180 e. The van der Waals surface area contributed by atoms with Gasteiger partial charge < -0.3 is 10.6 Å². The summed E-state index contributed by atoms with van der Waals surface area (Å²) in [6.07, 6.45) is 0. The van der Waals surface area contributed by atoms with Crippen molar-refractivity contribution in [3.05, 3.63) is 57.2 Å². The lowest BCUT2D eigenvalue weighted by atomic mass is 10.2. The Labute approximate surface area is 108 Å². The first-order valence-electron chi connectivity index (χ1n) is 5.00. The fraction of sp³-hybridized carbons (Fsp3) is 0.0833. The van der Waals surface area contributed by atoms with Crippen LogP contribution in [0.1, 0.15) is 10.4 Å². The molecule has 0 saturated carbocycles. The molecule has 88 valence electrons. The molecule has 1 heterocycles. The first kappa shape index (κ1) is 12.0. The van der Waals surface area contributed by atoms with Gasteiger partial charge in [-0.25, -0.2) is 0 Å². The Morgan fingerprint density at radius 1 is 1.29 bits per heavy atom. The lowest BCUT2D eigenvalue weighted by molar-refractivity contribution is 0.130. The smallest absolute Gasteiger partial charge is 0.180 e. The molecule has 0 saturated heterocycles. The van der Waals surface area contributed by atoms with Gasteiger partial charge >= 0.3 is 0 Å². The minimum atomic E-state index is 0.311. The van der Waals surface area contributed by atoms with Crippen LogP contribution < -0.4 is 5.73 Å². The molecule has 0 radical (unpaired) electrons. The third-order valence-electron chi connectivity index (χ3n) is 2.11. The van der Waals surface area contributed by atoms with Crippen LogP contribution in [0.25, 0.3) is 0 Å². The van der Waals surface area contributed by atoms with Gasteiger partial charge in [0.15, 0.2) is 5.84 Å². The van der Waals surface area contributed by atoms with E-state index in [0.717, 1.165) is 10.4 Å². The van der Waals surface area contributed by atoms with E-state index in [9.17, 15) is 0 Å². The first-order chi connectivity index (χ1) is 8.27. The van der Waals surface area contributed by atoms with Crippen LogP contribution in [0.3, 0.4) is 0 Å². The zero-order valence-corrected chi connectivity index (χ0v) is 10.5. The third-order valence-corrected chi connectivity index (χ3v) is 3.38. The van der Waals surface area contributed by atoms with Crippen LogP contribution in [0.5, 0.6) is 0 Å². The quantitative estimate of drug-likeness (QED) is 0.525. The van der Waals surface area contributed by atoms with E-state index in [4.69, 9.17) is 22.2 Å². The SMILES string of the molecule is N/C(=N\OCc1ccccc1Cl)c1cccs1. The lowest BCUT2D eigenvalue weighted by Gasteiger charge is -2.02. The number of amidine groups is 1. The molecule has 0 bridgehead atoms. The standard InChI is InChI=1S/C12H11ClN2OS/c13-10-5-2-1-4-9(10)8-16-15-12(14)11-6-3-7-17-11/h1-7H,8H2,(H2,14,15). The van der Waals surface area contributed by atoms with Crippen molar-refractivity contribution in [3.8, 4) is 0 Å². The van der Waals surface area contributed by atoms with Gasteiger partial charge in [-0.05, 0) is 17.5 Å². The summed E-state index contributed by atoms with van der Waals surface area (Å²) in [5.41, 5.74) is 6.63. The first-order valence-corrected chi connectivity index (χ1v) is 6.26. The number of hydrogen-bond donors (Lipinski definition) is 1. The second kappa shape index (κ2) is 5.70. The van der Waals surface area contributed by atoms with E-state index in [2.05, 4.69) is 5.16 Å². The molecule has 2 aromatic rings. The Balaban J connectivity index is 1.96. The lowest BCUT2D eigenvalue weighted by Crippen LogP contribution is -2.11. The number of hydrogen-bond acceptors (Lipinski definition) is 3. The number of halogens is 1. The molecule has 0 fully saturated rings. The molecular weight excluding hydrogens is 256 g/mol. The van der Waals surface area contributed by atoms with Gasteiger partial charge in [-0.1, -0.05) is 41.0 Å². The predicted molar refractivity (Wildman–Crippen MR) is 71.3 cm³/mol. The van der Waals surface area contributed by atoms with Crippen LogP contribution in [0.4, 0.5) is 0 Å². The Kier molecular flexibility index (Phi) is 4.01. The van der Waals surface area contributed by atoms with Crippen molar-refractivity contribution in [1.82, 2.24) is 0 Å². The molecule has 0 aliphatic heterocycles. The number of benzene rings is 1. The van der Waals surface area contributed by atoms with E-state index in [1.54, 1.807) is 0 Å². The number of nitrogens with zero attached hydrogens (tertiary/aromatic N) is 1. The van der Waals surface area contributed by atoms with Crippen molar-refractivity contribution >= 4 is 28.8 Å². The summed E-state index contributed by atoms with van der Waals surface area (Å²) in [7, 11) is 0. The fourth-order valence-corrected chi connectivity index (χ4v) is 2.07. The van der Waals surface area contributed by atoms with Crippen molar-refractivity contribution in [2.75, 3.05) is 0 Å². The number of oxime groups is 1. The van der Waals surface area contributed by atoms with Crippen molar-refractivity contribution in [3.63, 3.8) is 0 Å². The highest BCUT2D eigenvalue weighted by molar-refractivity contribution is 7.12. The third kappa shape index (κ3) is 3.22. The van der Waals surface area contributed by atoms with E-state index >= 15 is 0 Å². The summed E-state index contributed by atoms with van der Waals surface area (Å²) in [5.74, 6) is 0.382. The molecule has 0 unspecified atom stereocenters. The topological polar surface area (TPSA) is 47.6 Å². The van der Waals surface area contributed by atoms with Crippen LogP contribution in [0, 0.1) is 0 Å². The zero-order chi connectivity index (χ0) is 12.1. The summed E-state index contributed by atoms with van der Waals surface area (Å²) in [4.78, 5) is 6.06. The molecule has 3 nitrogen and oxygen atoms in total. The van der Waals surface area contributed by atoms with E-state index < -0.39 is 0 Å². The molecule has 1 aromatic heterocycles. The summed E-state index contributed by atoms with van der Waals surface area (Å²) < 4.78 is 0. The summed E-state index contributed by atoms with van der Waals surface area (Å²) in [6.45, 7) is 0.311. The van der Waals surface area contributed by atoms with Gasteiger partial charge in [-0.15, -0.1) is 11.3 Å². The largest absolute Gasteiger partial charge is 0.389 e. The van der Waals surface area contributed by atoms with Crippen LogP contribution >= 0.6 is 22.9 Å².